The highest BCUT2D eigenvalue weighted by molar-refractivity contribution is 5.02. The highest BCUT2D eigenvalue weighted by atomic mass is 14.4. The van der Waals surface area contributed by atoms with E-state index < -0.39 is 0 Å². The van der Waals surface area contributed by atoms with E-state index in [2.05, 4.69) is 31.2 Å². The normalized spacial score (nSPS) is 46.7. The van der Waals surface area contributed by atoms with E-state index in [1.807, 2.05) is 0 Å². The van der Waals surface area contributed by atoms with Gasteiger partial charge in [-0.15, -0.1) is 0 Å². The smallest absolute Gasteiger partial charge is 0.0231 e. The third-order valence-electron chi connectivity index (χ3n) is 10.6. The van der Waals surface area contributed by atoms with Crippen LogP contribution in [0, 0.1) is 53.3 Å². The van der Waals surface area contributed by atoms with Gasteiger partial charge in [0.1, 0.15) is 0 Å². The molecule has 0 aromatic rings. The van der Waals surface area contributed by atoms with Crippen LogP contribution in [0.4, 0.5) is 0 Å². The van der Waals surface area contributed by atoms with Crippen molar-refractivity contribution in [1.82, 2.24) is 0 Å². The molecule has 0 amide bonds. The maximum absolute atomic E-state index is 2.68. The molecule has 5 fully saturated rings. The van der Waals surface area contributed by atoms with Gasteiger partial charge in [-0.2, -0.15) is 0 Å². The third-order valence-corrected chi connectivity index (χ3v) is 10.6. The van der Waals surface area contributed by atoms with E-state index >= 15 is 0 Å². The summed E-state index contributed by atoms with van der Waals surface area (Å²) in [6.45, 7) is 2.48. The highest BCUT2D eigenvalue weighted by Crippen LogP contribution is 2.45. The molecule has 7 unspecified atom stereocenters. The molecule has 0 saturated heterocycles. The summed E-state index contributed by atoms with van der Waals surface area (Å²) in [7, 11) is 0. The summed E-state index contributed by atoms with van der Waals surface area (Å²) in [5, 5.41) is 0. The SMILES string of the molecule is CC1CCC2CC(/C=C/C3CCC(/C=C/C4CCC5CCCCC5C4)CC3)CCC2C1. The Morgan fingerprint density at radius 2 is 0.806 bits per heavy atom. The van der Waals surface area contributed by atoms with Gasteiger partial charge in [-0.3, -0.25) is 0 Å². The molecule has 0 heterocycles. The maximum atomic E-state index is 2.68. The molecule has 5 aliphatic rings. The van der Waals surface area contributed by atoms with Gasteiger partial charge in [-0.25, -0.2) is 0 Å². The monoisotopic (exact) mass is 422 g/mol. The van der Waals surface area contributed by atoms with Crippen LogP contribution in [-0.2, 0) is 0 Å². The lowest BCUT2D eigenvalue weighted by atomic mass is 9.65. The quantitative estimate of drug-likeness (QED) is 0.396. The van der Waals surface area contributed by atoms with Gasteiger partial charge in [-0.1, -0.05) is 63.3 Å². The zero-order chi connectivity index (χ0) is 21.0. The molecule has 0 radical (unpaired) electrons. The van der Waals surface area contributed by atoms with E-state index in [1.54, 1.807) is 6.42 Å². The van der Waals surface area contributed by atoms with Crippen molar-refractivity contribution in [2.75, 3.05) is 0 Å². The van der Waals surface area contributed by atoms with Crippen molar-refractivity contribution in [1.29, 1.82) is 0 Å². The molecule has 0 nitrogen and oxygen atoms in total. The molecule has 7 atom stereocenters. The molecule has 31 heavy (non-hydrogen) atoms. The number of hydrogen-bond donors (Lipinski definition) is 0. The van der Waals surface area contributed by atoms with Crippen molar-refractivity contribution < 1.29 is 0 Å². The summed E-state index contributed by atoms with van der Waals surface area (Å²) in [4.78, 5) is 0. The van der Waals surface area contributed by atoms with E-state index in [-0.39, 0.29) is 0 Å². The zero-order valence-electron chi connectivity index (χ0n) is 20.5. The van der Waals surface area contributed by atoms with Crippen LogP contribution in [0.15, 0.2) is 24.3 Å². The molecule has 0 N–H and O–H groups in total. The second-order valence-electron chi connectivity index (χ2n) is 12.8. The molecule has 0 aromatic heterocycles. The van der Waals surface area contributed by atoms with Gasteiger partial charge in [0.2, 0.25) is 0 Å². The summed E-state index contributed by atoms with van der Waals surface area (Å²) in [6.07, 6.45) is 36.1. The molecule has 5 rings (SSSR count). The molecule has 0 bridgehead atoms. The first kappa shape index (κ1) is 22.3. The van der Waals surface area contributed by atoms with Crippen molar-refractivity contribution >= 4 is 0 Å². The summed E-state index contributed by atoms with van der Waals surface area (Å²) < 4.78 is 0. The minimum Gasteiger partial charge on any atom is -0.0851 e. The summed E-state index contributed by atoms with van der Waals surface area (Å²) in [5.74, 6) is 8.88. The van der Waals surface area contributed by atoms with Gasteiger partial charge >= 0.3 is 0 Å². The Morgan fingerprint density at radius 3 is 1.45 bits per heavy atom. The van der Waals surface area contributed by atoms with Crippen molar-refractivity contribution in [3.63, 3.8) is 0 Å². The van der Waals surface area contributed by atoms with Gasteiger partial charge in [0.25, 0.3) is 0 Å². The van der Waals surface area contributed by atoms with Gasteiger partial charge in [0.05, 0.1) is 0 Å². The van der Waals surface area contributed by atoms with Crippen LogP contribution in [0.3, 0.4) is 0 Å². The Bertz CT molecular complexity index is 606. The van der Waals surface area contributed by atoms with Crippen molar-refractivity contribution in [3.8, 4) is 0 Å². The third kappa shape index (κ3) is 5.89. The van der Waals surface area contributed by atoms with Gasteiger partial charge in [0, 0.05) is 0 Å². The van der Waals surface area contributed by atoms with E-state index in [9.17, 15) is 0 Å². The molecule has 0 spiro atoms. The molecule has 5 saturated carbocycles. The molecular formula is C31H50. The number of allylic oxidation sites excluding steroid dienone is 4. The summed E-state index contributed by atoms with van der Waals surface area (Å²) in [5.41, 5.74) is 0. The van der Waals surface area contributed by atoms with E-state index in [0.717, 1.165) is 53.3 Å². The van der Waals surface area contributed by atoms with Crippen LogP contribution in [0.25, 0.3) is 0 Å². The minimum atomic E-state index is 0.881. The lowest BCUT2D eigenvalue weighted by Gasteiger charge is -2.41. The first-order valence-electron chi connectivity index (χ1n) is 14.6. The minimum absolute atomic E-state index is 0.881. The molecule has 0 aliphatic heterocycles. The number of fused-ring (bicyclic) bond motifs is 2. The number of rotatable bonds is 4. The lowest BCUT2D eigenvalue weighted by molar-refractivity contribution is 0.117. The predicted molar refractivity (Wildman–Crippen MR) is 134 cm³/mol. The van der Waals surface area contributed by atoms with E-state index in [0.29, 0.717) is 0 Å². The van der Waals surface area contributed by atoms with Crippen LogP contribution in [0.1, 0.15) is 116 Å². The van der Waals surface area contributed by atoms with Crippen LogP contribution in [0.2, 0.25) is 0 Å². The molecule has 5 aliphatic carbocycles. The fourth-order valence-corrected chi connectivity index (χ4v) is 8.58. The lowest BCUT2D eigenvalue weighted by Crippen LogP contribution is -2.29. The van der Waals surface area contributed by atoms with E-state index in [4.69, 9.17) is 0 Å². The van der Waals surface area contributed by atoms with Crippen LogP contribution in [-0.4, -0.2) is 0 Å². The average molecular weight is 423 g/mol. The zero-order valence-corrected chi connectivity index (χ0v) is 20.5. The topological polar surface area (TPSA) is 0 Å². The van der Waals surface area contributed by atoms with Gasteiger partial charge in [0.15, 0.2) is 0 Å². The highest BCUT2D eigenvalue weighted by Gasteiger charge is 2.34. The first-order valence-corrected chi connectivity index (χ1v) is 14.6. The summed E-state index contributed by atoms with van der Waals surface area (Å²) >= 11 is 0. The van der Waals surface area contributed by atoms with Gasteiger partial charge in [-0.05, 0) is 130 Å². The largest absolute Gasteiger partial charge is 0.0851 e. The van der Waals surface area contributed by atoms with E-state index in [1.165, 1.54) is 103 Å². The first-order chi connectivity index (χ1) is 15.2. The average Bonchev–Trinajstić information content (AvgIpc) is 2.82. The predicted octanol–water partition coefficient (Wildman–Crippen LogP) is 9.36. The Labute approximate surface area is 193 Å². The molecule has 0 heteroatoms. The maximum Gasteiger partial charge on any atom is -0.0231 e. The van der Waals surface area contributed by atoms with Gasteiger partial charge < -0.3 is 0 Å². The molecule has 174 valence electrons. The summed E-state index contributed by atoms with van der Waals surface area (Å²) in [6, 6.07) is 0. The fourth-order valence-electron chi connectivity index (χ4n) is 8.58. The molecule has 0 aromatic carbocycles. The standard InChI is InChI=1S/C31H50/c1-23-6-17-31-22-27(16-19-30(31)20-23)14-12-25-9-7-24(8-10-25)11-13-26-15-18-28-4-2-3-5-29(28)21-26/h11-14,23-31H,2-10,15-22H2,1H3/b13-11+,14-12+. The second-order valence-corrected chi connectivity index (χ2v) is 12.8. The van der Waals surface area contributed by atoms with Crippen LogP contribution >= 0.6 is 0 Å². The number of hydrogen-bond acceptors (Lipinski definition) is 0. The fraction of sp³-hybridized carbons (Fsp3) is 0.871. The second kappa shape index (κ2) is 10.6. The Balaban J connectivity index is 1.02. The van der Waals surface area contributed by atoms with Crippen molar-refractivity contribution in [3.05, 3.63) is 24.3 Å². The van der Waals surface area contributed by atoms with Crippen LogP contribution < -0.4 is 0 Å². The van der Waals surface area contributed by atoms with Crippen LogP contribution in [0.5, 0.6) is 0 Å². The Hall–Kier alpha value is -0.520. The molecular weight excluding hydrogens is 372 g/mol. The van der Waals surface area contributed by atoms with Crippen molar-refractivity contribution in [2.45, 2.75) is 116 Å². The van der Waals surface area contributed by atoms with Crippen molar-refractivity contribution in [2.24, 2.45) is 53.3 Å². The Kier molecular flexibility index (Phi) is 7.62. The Morgan fingerprint density at radius 1 is 0.387 bits per heavy atom.